The van der Waals surface area contributed by atoms with Gasteiger partial charge in [0.25, 0.3) is 5.89 Å². The standard InChI is InChI=1S/C18H21N5O4S/c1-13-16(17(21-27-13)14-6-4-3-5-7-14)18-20-19-15(26-18)12-22-8-10-23(11-9-22)28(2,24)25/h3-7H,8-12H2,1-2H3. The predicted molar refractivity (Wildman–Crippen MR) is 102 cm³/mol. The minimum Gasteiger partial charge on any atom is -0.419 e. The van der Waals surface area contributed by atoms with Crippen LogP contribution in [0.3, 0.4) is 0 Å². The molecule has 3 aromatic rings. The Balaban J connectivity index is 1.50. The molecule has 0 unspecified atom stereocenters. The molecule has 0 saturated carbocycles. The highest BCUT2D eigenvalue weighted by molar-refractivity contribution is 7.88. The number of piperazine rings is 1. The van der Waals surface area contributed by atoms with Crippen LogP contribution in [0.4, 0.5) is 0 Å². The van der Waals surface area contributed by atoms with E-state index in [4.69, 9.17) is 8.94 Å². The summed E-state index contributed by atoms with van der Waals surface area (Å²) in [5.74, 6) is 1.45. The molecule has 9 nitrogen and oxygen atoms in total. The van der Waals surface area contributed by atoms with Gasteiger partial charge < -0.3 is 8.94 Å². The SMILES string of the molecule is Cc1onc(-c2ccccc2)c1-c1nnc(CN2CCN(S(C)(=O)=O)CC2)o1. The fourth-order valence-corrected chi connectivity index (χ4v) is 4.07. The highest BCUT2D eigenvalue weighted by Crippen LogP contribution is 2.33. The molecule has 1 fully saturated rings. The second-order valence-electron chi connectivity index (χ2n) is 6.77. The quantitative estimate of drug-likeness (QED) is 0.635. The molecular formula is C18H21N5O4S. The summed E-state index contributed by atoms with van der Waals surface area (Å²) in [5.41, 5.74) is 2.26. The van der Waals surface area contributed by atoms with Gasteiger partial charge in [-0.15, -0.1) is 10.2 Å². The lowest BCUT2D eigenvalue weighted by Crippen LogP contribution is -2.47. The van der Waals surface area contributed by atoms with E-state index in [1.165, 1.54) is 10.6 Å². The Morgan fingerprint density at radius 3 is 2.46 bits per heavy atom. The third kappa shape index (κ3) is 3.84. The van der Waals surface area contributed by atoms with E-state index in [0.717, 1.165) is 5.56 Å². The fraction of sp³-hybridized carbons (Fsp3) is 0.389. The summed E-state index contributed by atoms with van der Waals surface area (Å²) >= 11 is 0. The summed E-state index contributed by atoms with van der Waals surface area (Å²) in [6.07, 6.45) is 1.23. The average molecular weight is 403 g/mol. The van der Waals surface area contributed by atoms with Gasteiger partial charge in [0.15, 0.2) is 0 Å². The Kier molecular flexibility index (Phi) is 5.00. The van der Waals surface area contributed by atoms with E-state index in [9.17, 15) is 8.42 Å². The van der Waals surface area contributed by atoms with Crippen LogP contribution in [0, 0.1) is 6.92 Å². The van der Waals surface area contributed by atoms with Gasteiger partial charge in [0.05, 0.1) is 12.8 Å². The second-order valence-corrected chi connectivity index (χ2v) is 8.75. The topological polar surface area (TPSA) is 106 Å². The largest absolute Gasteiger partial charge is 0.419 e. The number of aryl methyl sites for hydroxylation is 1. The Morgan fingerprint density at radius 2 is 1.79 bits per heavy atom. The number of nitrogens with zero attached hydrogens (tertiary/aromatic N) is 5. The van der Waals surface area contributed by atoms with Gasteiger partial charge in [0, 0.05) is 31.7 Å². The van der Waals surface area contributed by atoms with Gasteiger partial charge in [0.2, 0.25) is 15.9 Å². The van der Waals surface area contributed by atoms with Crippen LogP contribution >= 0.6 is 0 Å². The Bertz CT molecular complexity index is 1050. The van der Waals surface area contributed by atoms with Crippen molar-refractivity contribution in [3.8, 4) is 22.7 Å². The predicted octanol–water partition coefficient (Wildman–Crippen LogP) is 1.78. The molecule has 28 heavy (non-hydrogen) atoms. The molecule has 0 radical (unpaired) electrons. The highest BCUT2D eigenvalue weighted by Gasteiger charge is 2.26. The van der Waals surface area contributed by atoms with Crippen LogP contribution in [0.25, 0.3) is 22.7 Å². The molecule has 1 aromatic carbocycles. The average Bonchev–Trinajstić information content (AvgIpc) is 3.28. The zero-order valence-corrected chi connectivity index (χ0v) is 16.5. The van der Waals surface area contributed by atoms with Crippen molar-refractivity contribution in [3.63, 3.8) is 0 Å². The Labute approximate surface area is 163 Å². The van der Waals surface area contributed by atoms with Crippen molar-refractivity contribution in [3.05, 3.63) is 42.0 Å². The third-order valence-corrected chi connectivity index (χ3v) is 6.05. The number of sulfonamides is 1. The van der Waals surface area contributed by atoms with Crippen molar-refractivity contribution in [1.29, 1.82) is 0 Å². The second kappa shape index (κ2) is 7.46. The van der Waals surface area contributed by atoms with Crippen LogP contribution in [-0.2, 0) is 16.6 Å². The van der Waals surface area contributed by atoms with E-state index >= 15 is 0 Å². The van der Waals surface area contributed by atoms with E-state index in [-0.39, 0.29) is 0 Å². The lowest BCUT2D eigenvalue weighted by atomic mass is 10.1. The first-order chi connectivity index (χ1) is 13.4. The van der Waals surface area contributed by atoms with Crippen molar-refractivity contribution in [2.24, 2.45) is 0 Å². The van der Waals surface area contributed by atoms with Gasteiger partial charge in [-0.05, 0) is 6.92 Å². The molecule has 0 amide bonds. The fourth-order valence-electron chi connectivity index (χ4n) is 3.25. The number of benzene rings is 1. The summed E-state index contributed by atoms with van der Waals surface area (Å²) in [5, 5.41) is 12.5. The molecule has 1 saturated heterocycles. The first-order valence-electron chi connectivity index (χ1n) is 8.94. The van der Waals surface area contributed by atoms with Gasteiger partial charge in [-0.25, -0.2) is 8.42 Å². The van der Waals surface area contributed by atoms with Gasteiger partial charge in [0.1, 0.15) is 17.0 Å². The van der Waals surface area contributed by atoms with E-state index in [1.54, 1.807) is 0 Å². The van der Waals surface area contributed by atoms with Gasteiger partial charge in [-0.1, -0.05) is 35.5 Å². The lowest BCUT2D eigenvalue weighted by Gasteiger charge is -2.32. The van der Waals surface area contributed by atoms with Crippen LogP contribution in [0.1, 0.15) is 11.7 Å². The first-order valence-corrected chi connectivity index (χ1v) is 10.8. The monoisotopic (exact) mass is 403 g/mol. The number of aromatic nitrogens is 3. The number of hydrogen-bond acceptors (Lipinski definition) is 8. The van der Waals surface area contributed by atoms with Crippen LogP contribution in [-0.4, -0.2) is 65.4 Å². The summed E-state index contributed by atoms with van der Waals surface area (Å²) in [7, 11) is -3.15. The molecule has 3 heterocycles. The van der Waals surface area contributed by atoms with Crippen molar-refractivity contribution in [2.45, 2.75) is 13.5 Å². The lowest BCUT2D eigenvalue weighted by molar-refractivity contribution is 0.169. The molecule has 0 atom stereocenters. The molecule has 4 rings (SSSR count). The molecular weight excluding hydrogens is 382 g/mol. The zero-order valence-electron chi connectivity index (χ0n) is 15.7. The van der Waals surface area contributed by atoms with E-state index < -0.39 is 10.0 Å². The van der Waals surface area contributed by atoms with E-state index in [2.05, 4.69) is 20.3 Å². The van der Waals surface area contributed by atoms with Crippen molar-refractivity contribution < 1.29 is 17.4 Å². The molecule has 148 valence electrons. The summed E-state index contributed by atoms with van der Waals surface area (Å²) < 4.78 is 35.9. The van der Waals surface area contributed by atoms with Gasteiger partial charge in [-0.3, -0.25) is 4.90 Å². The van der Waals surface area contributed by atoms with E-state index in [1.807, 2.05) is 37.3 Å². The Morgan fingerprint density at radius 1 is 1.07 bits per heavy atom. The van der Waals surface area contributed by atoms with Crippen LogP contribution in [0.5, 0.6) is 0 Å². The number of hydrogen-bond donors (Lipinski definition) is 0. The molecule has 10 heteroatoms. The smallest absolute Gasteiger partial charge is 0.253 e. The summed E-state index contributed by atoms with van der Waals surface area (Å²) in [6, 6.07) is 9.68. The molecule has 1 aliphatic rings. The third-order valence-electron chi connectivity index (χ3n) is 4.75. The van der Waals surface area contributed by atoms with Gasteiger partial charge in [-0.2, -0.15) is 4.31 Å². The maximum absolute atomic E-state index is 11.6. The molecule has 0 N–H and O–H groups in total. The molecule has 0 bridgehead atoms. The summed E-state index contributed by atoms with van der Waals surface area (Å²) in [4.78, 5) is 2.09. The van der Waals surface area contributed by atoms with Crippen LogP contribution in [0.2, 0.25) is 0 Å². The molecule has 2 aromatic heterocycles. The van der Waals surface area contributed by atoms with Crippen molar-refractivity contribution in [1.82, 2.24) is 24.6 Å². The normalized spacial score (nSPS) is 16.5. The highest BCUT2D eigenvalue weighted by atomic mass is 32.2. The molecule has 0 aliphatic carbocycles. The maximum atomic E-state index is 11.6. The molecule has 0 spiro atoms. The Hall–Kier alpha value is -2.56. The zero-order chi connectivity index (χ0) is 19.7. The molecule has 1 aliphatic heterocycles. The maximum Gasteiger partial charge on any atom is 0.253 e. The summed E-state index contributed by atoms with van der Waals surface area (Å²) in [6.45, 7) is 4.43. The van der Waals surface area contributed by atoms with E-state index in [0.29, 0.717) is 61.5 Å². The van der Waals surface area contributed by atoms with Gasteiger partial charge >= 0.3 is 0 Å². The van der Waals surface area contributed by atoms with Crippen LogP contribution in [0.15, 0.2) is 39.3 Å². The number of rotatable bonds is 5. The minimum absolute atomic E-state index is 0.363. The van der Waals surface area contributed by atoms with Crippen molar-refractivity contribution >= 4 is 10.0 Å². The first kappa shape index (κ1) is 18.8. The van der Waals surface area contributed by atoms with Crippen LogP contribution < -0.4 is 0 Å². The van der Waals surface area contributed by atoms with Crippen molar-refractivity contribution in [2.75, 3.05) is 32.4 Å². The minimum atomic E-state index is -3.15.